The molecule has 0 aromatic heterocycles. The Morgan fingerprint density at radius 3 is 2.94 bits per heavy atom. The predicted octanol–water partition coefficient (Wildman–Crippen LogP) is 2.16. The average Bonchev–Trinajstić information content (AvgIpc) is 2.67. The number of rotatable bonds is 3. The zero-order valence-electron chi connectivity index (χ0n) is 8.61. The molecule has 84 valence electrons. The van der Waals surface area contributed by atoms with Crippen LogP contribution in [0.4, 0.5) is 4.39 Å². The summed E-state index contributed by atoms with van der Waals surface area (Å²) >= 11 is 0. The highest BCUT2D eigenvalue weighted by molar-refractivity contribution is 5.76. The van der Waals surface area contributed by atoms with Crippen LogP contribution >= 0.6 is 0 Å². The number of ether oxygens (including phenoxy) is 2. The number of benzene rings is 1. The predicted molar refractivity (Wildman–Crippen MR) is 56.5 cm³/mol. The maximum absolute atomic E-state index is 13.5. The zero-order chi connectivity index (χ0) is 11.5. The lowest BCUT2D eigenvalue weighted by Crippen LogP contribution is -2.22. The van der Waals surface area contributed by atoms with E-state index in [0.29, 0.717) is 18.6 Å². The van der Waals surface area contributed by atoms with E-state index in [4.69, 9.17) is 9.47 Å². The molecule has 1 atom stereocenters. The summed E-state index contributed by atoms with van der Waals surface area (Å²) in [5, 5.41) is 0. The largest absolute Gasteiger partial charge is 0.476 e. The van der Waals surface area contributed by atoms with Gasteiger partial charge in [0, 0.05) is 6.42 Å². The van der Waals surface area contributed by atoms with Crippen LogP contribution < -0.4 is 4.74 Å². The Balaban J connectivity index is 2.15. The third-order valence-electron chi connectivity index (χ3n) is 2.35. The van der Waals surface area contributed by atoms with E-state index in [1.54, 1.807) is 6.07 Å². The maximum atomic E-state index is 13.5. The Hall–Kier alpha value is -1.84. The molecule has 3 nitrogen and oxygen atoms in total. The Kier molecular flexibility index (Phi) is 2.90. The van der Waals surface area contributed by atoms with Gasteiger partial charge in [0.1, 0.15) is 0 Å². The summed E-state index contributed by atoms with van der Waals surface area (Å²) in [6.45, 7) is 3.86. The van der Waals surface area contributed by atoms with E-state index < -0.39 is 17.9 Å². The molecule has 1 heterocycles. The third kappa shape index (κ3) is 2.05. The average molecular weight is 222 g/mol. The van der Waals surface area contributed by atoms with Crippen molar-refractivity contribution >= 4 is 12.0 Å². The van der Waals surface area contributed by atoms with Crippen LogP contribution in [-0.2, 0) is 9.53 Å². The molecule has 1 aromatic carbocycles. The number of esters is 1. The third-order valence-corrected chi connectivity index (χ3v) is 2.35. The lowest BCUT2D eigenvalue weighted by Gasteiger charge is -2.10. The Bertz CT molecular complexity index is 428. The molecule has 1 aliphatic heterocycles. The van der Waals surface area contributed by atoms with Gasteiger partial charge in [-0.05, 0) is 17.7 Å². The lowest BCUT2D eigenvalue weighted by atomic mass is 10.2. The molecule has 1 saturated heterocycles. The van der Waals surface area contributed by atoms with Gasteiger partial charge in [-0.3, -0.25) is 0 Å². The van der Waals surface area contributed by atoms with E-state index in [1.165, 1.54) is 18.2 Å². The summed E-state index contributed by atoms with van der Waals surface area (Å²) < 4.78 is 23.4. The molecular weight excluding hydrogens is 211 g/mol. The monoisotopic (exact) mass is 222 g/mol. The van der Waals surface area contributed by atoms with E-state index in [9.17, 15) is 9.18 Å². The van der Waals surface area contributed by atoms with Crippen molar-refractivity contribution in [1.29, 1.82) is 0 Å². The van der Waals surface area contributed by atoms with Crippen LogP contribution in [0, 0.1) is 5.82 Å². The zero-order valence-corrected chi connectivity index (χ0v) is 8.61. The molecule has 1 aromatic rings. The number of hydrogen-bond acceptors (Lipinski definition) is 3. The van der Waals surface area contributed by atoms with Crippen molar-refractivity contribution in [3.63, 3.8) is 0 Å². The van der Waals surface area contributed by atoms with Crippen LogP contribution in [0.25, 0.3) is 6.08 Å². The Morgan fingerprint density at radius 1 is 1.56 bits per heavy atom. The highest BCUT2D eigenvalue weighted by Crippen LogP contribution is 2.22. The molecule has 1 unspecified atom stereocenters. The minimum atomic E-state index is -0.691. The second-order valence-electron chi connectivity index (χ2n) is 3.46. The fraction of sp³-hybridized carbons (Fsp3) is 0.250. The van der Waals surface area contributed by atoms with E-state index >= 15 is 0 Å². The molecule has 2 rings (SSSR count). The fourth-order valence-electron chi connectivity index (χ4n) is 1.48. The van der Waals surface area contributed by atoms with Crippen LogP contribution in [0.5, 0.6) is 5.75 Å². The van der Waals surface area contributed by atoms with Crippen LogP contribution in [0.1, 0.15) is 12.0 Å². The van der Waals surface area contributed by atoms with Gasteiger partial charge in [-0.1, -0.05) is 18.7 Å². The van der Waals surface area contributed by atoms with Crippen molar-refractivity contribution in [1.82, 2.24) is 0 Å². The first-order chi connectivity index (χ1) is 7.70. The Morgan fingerprint density at radius 2 is 2.38 bits per heavy atom. The first kappa shape index (κ1) is 10.7. The van der Waals surface area contributed by atoms with Crippen molar-refractivity contribution < 1.29 is 18.7 Å². The molecule has 0 amide bonds. The molecule has 1 fully saturated rings. The van der Waals surface area contributed by atoms with Gasteiger partial charge in [-0.15, -0.1) is 0 Å². The highest BCUT2D eigenvalue weighted by Gasteiger charge is 2.29. The summed E-state index contributed by atoms with van der Waals surface area (Å²) in [6, 6.07) is 4.46. The number of cyclic esters (lactones) is 1. The first-order valence-corrected chi connectivity index (χ1v) is 4.96. The number of hydrogen-bond donors (Lipinski definition) is 0. The van der Waals surface area contributed by atoms with Gasteiger partial charge in [0.25, 0.3) is 0 Å². The van der Waals surface area contributed by atoms with Gasteiger partial charge < -0.3 is 9.47 Å². The summed E-state index contributed by atoms with van der Waals surface area (Å²) in [6.07, 6.45) is 1.31. The quantitative estimate of drug-likeness (QED) is 0.735. The second-order valence-corrected chi connectivity index (χ2v) is 3.46. The van der Waals surface area contributed by atoms with Crippen LogP contribution in [-0.4, -0.2) is 18.7 Å². The van der Waals surface area contributed by atoms with Gasteiger partial charge in [-0.25, -0.2) is 9.18 Å². The Labute approximate surface area is 92.5 Å². The van der Waals surface area contributed by atoms with E-state index in [2.05, 4.69) is 6.58 Å². The van der Waals surface area contributed by atoms with Crippen molar-refractivity contribution in [3.05, 3.63) is 36.2 Å². The molecule has 0 saturated carbocycles. The van der Waals surface area contributed by atoms with Gasteiger partial charge in [0.15, 0.2) is 17.7 Å². The van der Waals surface area contributed by atoms with Gasteiger partial charge in [0.2, 0.25) is 0 Å². The van der Waals surface area contributed by atoms with Crippen LogP contribution in [0.2, 0.25) is 0 Å². The summed E-state index contributed by atoms with van der Waals surface area (Å²) in [7, 11) is 0. The van der Waals surface area contributed by atoms with Crippen molar-refractivity contribution in [2.24, 2.45) is 0 Å². The number of carbonyl (C=O) groups excluding carboxylic acids is 1. The van der Waals surface area contributed by atoms with Gasteiger partial charge in [0.05, 0.1) is 6.61 Å². The molecule has 0 radical (unpaired) electrons. The summed E-state index contributed by atoms with van der Waals surface area (Å²) in [4.78, 5) is 11.1. The van der Waals surface area contributed by atoms with Crippen LogP contribution in [0.3, 0.4) is 0 Å². The topological polar surface area (TPSA) is 35.5 Å². The molecule has 0 aliphatic carbocycles. The van der Waals surface area contributed by atoms with E-state index in [0.717, 1.165) is 0 Å². The minimum Gasteiger partial charge on any atom is -0.476 e. The minimum absolute atomic E-state index is 0.0643. The second kappa shape index (κ2) is 4.35. The number of carbonyl (C=O) groups is 1. The smallest absolute Gasteiger partial charge is 0.347 e. The van der Waals surface area contributed by atoms with Crippen molar-refractivity contribution in [2.75, 3.05) is 6.61 Å². The SMILES string of the molecule is C=Cc1ccc(OC2CCOC2=O)c(F)c1. The fourth-order valence-corrected chi connectivity index (χ4v) is 1.48. The molecule has 4 heteroatoms. The molecule has 0 bridgehead atoms. The molecule has 16 heavy (non-hydrogen) atoms. The van der Waals surface area contributed by atoms with Crippen molar-refractivity contribution in [2.45, 2.75) is 12.5 Å². The van der Waals surface area contributed by atoms with E-state index in [-0.39, 0.29) is 5.75 Å². The van der Waals surface area contributed by atoms with Gasteiger partial charge >= 0.3 is 5.97 Å². The summed E-state index contributed by atoms with van der Waals surface area (Å²) in [5.41, 5.74) is 0.666. The number of halogens is 1. The highest BCUT2D eigenvalue weighted by atomic mass is 19.1. The van der Waals surface area contributed by atoms with Crippen molar-refractivity contribution in [3.8, 4) is 5.75 Å². The summed E-state index contributed by atoms with van der Waals surface area (Å²) in [5.74, 6) is -0.876. The molecule has 1 aliphatic rings. The molecule has 0 N–H and O–H groups in total. The maximum Gasteiger partial charge on any atom is 0.347 e. The van der Waals surface area contributed by atoms with Gasteiger partial charge in [-0.2, -0.15) is 0 Å². The molecule has 0 spiro atoms. The standard InChI is InChI=1S/C12H11FO3/c1-2-8-3-4-10(9(13)7-8)16-11-5-6-15-12(11)14/h2-4,7,11H,1,5-6H2. The first-order valence-electron chi connectivity index (χ1n) is 4.96. The van der Waals surface area contributed by atoms with E-state index in [1.807, 2.05) is 0 Å². The van der Waals surface area contributed by atoms with Crippen LogP contribution in [0.15, 0.2) is 24.8 Å². The lowest BCUT2D eigenvalue weighted by molar-refractivity contribution is -0.143. The normalized spacial score (nSPS) is 19.3. The molecular formula is C12H11FO3.